The van der Waals surface area contributed by atoms with Crippen LogP contribution in [-0.4, -0.2) is 10.8 Å². The first-order chi connectivity index (χ1) is 12.0. The quantitative estimate of drug-likeness (QED) is 0.446. The number of carbonyl (C=O) groups is 1. The Bertz CT molecular complexity index is 1040. The van der Waals surface area contributed by atoms with Crippen molar-refractivity contribution >= 4 is 22.6 Å². The molecule has 0 aliphatic heterocycles. The number of rotatable bonds is 4. The second kappa shape index (κ2) is 6.52. The largest absolute Gasteiger partial charge is 0.422 e. The number of benzene rings is 2. The van der Waals surface area contributed by atoms with Gasteiger partial charge in [0, 0.05) is 29.6 Å². The minimum absolute atomic E-state index is 0.113. The van der Waals surface area contributed by atoms with Crippen LogP contribution < -0.4 is 10.9 Å². The Hall–Kier alpha value is -3.55. The van der Waals surface area contributed by atoms with E-state index in [9.17, 15) is 24.1 Å². The molecule has 1 heterocycles. The van der Waals surface area contributed by atoms with Crippen molar-refractivity contribution in [3.63, 3.8) is 0 Å². The number of nitro groups is 1. The number of nitro benzene ring substituents is 1. The lowest BCUT2D eigenvalue weighted by Gasteiger charge is -2.06. The Morgan fingerprint density at radius 3 is 2.68 bits per heavy atom. The van der Waals surface area contributed by atoms with Gasteiger partial charge >= 0.3 is 5.63 Å². The van der Waals surface area contributed by atoms with E-state index < -0.39 is 22.3 Å². The van der Waals surface area contributed by atoms with E-state index in [1.807, 2.05) is 0 Å². The smallest absolute Gasteiger partial charge is 0.349 e. The first-order valence-electron chi connectivity index (χ1n) is 7.19. The van der Waals surface area contributed by atoms with Crippen LogP contribution in [0.15, 0.2) is 57.7 Å². The molecule has 1 N–H and O–H groups in total. The number of nitrogens with one attached hydrogen (secondary N) is 1. The fraction of sp³-hybridized carbons (Fsp3) is 0.0588. The van der Waals surface area contributed by atoms with E-state index >= 15 is 0 Å². The lowest BCUT2D eigenvalue weighted by molar-refractivity contribution is -0.384. The van der Waals surface area contributed by atoms with Crippen LogP contribution in [-0.2, 0) is 6.54 Å². The highest BCUT2D eigenvalue weighted by molar-refractivity contribution is 5.96. The molecule has 0 spiro atoms. The molecule has 7 nitrogen and oxygen atoms in total. The molecule has 0 fully saturated rings. The number of fused-ring (bicyclic) bond motifs is 1. The summed E-state index contributed by atoms with van der Waals surface area (Å²) in [5, 5.41) is 13.5. The maximum atomic E-state index is 13.6. The van der Waals surface area contributed by atoms with Gasteiger partial charge in [-0.1, -0.05) is 18.2 Å². The van der Waals surface area contributed by atoms with Crippen LogP contribution in [0, 0.1) is 15.9 Å². The summed E-state index contributed by atoms with van der Waals surface area (Å²) in [5.41, 5.74) is -1.01. The van der Waals surface area contributed by atoms with Crippen molar-refractivity contribution < 1.29 is 18.5 Å². The van der Waals surface area contributed by atoms with E-state index in [1.54, 1.807) is 6.07 Å². The first-order valence-corrected chi connectivity index (χ1v) is 7.19. The summed E-state index contributed by atoms with van der Waals surface area (Å²) >= 11 is 0. The molecular formula is C17H11FN2O5. The molecule has 0 aliphatic carbocycles. The van der Waals surface area contributed by atoms with Crippen LogP contribution in [0.3, 0.4) is 0 Å². The zero-order valence-corrected chi connectivity index (χ0v) is 12.7. The van der Waals surface area contributed by atoms with Gasteiger partial charge in [-0.3, -0.25) is 14.9 Å². The number of carbonyl (C=O) groups excluding carboxylic acids is 1. The Labute approximate surface area is 139 Å². The zero-order chi connectivity index (χ0) is 18.0. The minimum Gasteiger partial charge on any atom is -0.422 e. The van der Waals surface area contributed by atoms with E-state index in [0.717, 1.165) is 0 Å². The highest BCUT2D eigenvalue weighted by Crippen LogP contribution is 2.20. The molecule has 0 bridgehead atoms. The van der Waals surface area contributed by atoms with Crippen LogP contribution in [0.1, 0.15) is 15.9 Å². The average Bonchev–Trinajstić information content (AvgIpc) is 2.59. The molecule has 0 aliphatic rings. The van der Waals surface area contributed by atoms with Gasteiger partial charge in [-0.15, -0.1) is 0 Å². The topological polar surface area (TPSA) is 102 Å². The fourth-order valence-electron chi connectivity index (χ4n) is 2.30. The van der Waals surface area contributed by atoms with Crippen LogP contribution >= 0.6 is 0 Å². The summed E-state index contributed by atoms with van der Waals surface area (Å²) in [6.07, 6.45) is 0. The molecule has 25 heavy (non-hydrogen) atoms. The van der Waals surface area contributed by atoms with Crippen molar-refractivity contribution in [1.29, 1.82) is 0 Å². The van der Waals surface area contributed by atoms with E-state index in [2.05, 4.69) is 5.32 Å². The molecule has 3 rings (SSSR count). The molecule has 2 aromatic carbocycles. The van der Waals surface area contributed by atoms with E-state index in [-0.39, 0.29) is 34.3 Å². The van der Waals surface area contributed by atoms with Gasteiger partial charge in [-0.25, -0.2) is 9.18 Å². The maximum Gasteiger partial charge on any atom is 0.349 e. The molecule has 0 radical (unpaired) electrons. The van der Waals surface area contributed by atoms with Gasteiger partial charge in [0.2, 0.25) is 0 Å². The van der Waals surface area contributed by atoms with Crippen molar-refractivity contribution in [3.8, 4) is 0 Å². The number of non-ortho nitro benzene ring substituents is 1. The lowest BCUT2D eigenvalue weighted by Crippen LogP contribution is -2.28. The van der Waals surface area contributed by atoms with Crippen molar-refractivity contribution in [1.82, 2.24) is 5.32 Å². The van der Waals surface area contributed by atoms with E-state index in [1.165, 1.54) is 42.5 Å². The molecule has 0 unspecified atom stereocenters. The van der Waals surface area contributed by atoms with Gasteiger partial charge in [-0.2, -0.15) is 0 Å². The Morgan fingerprint density at radius 1 is 1.20 bits per heavy atom. The van der Waals surface area contributed by atoms with Gasteiger partial charge in [-0.05, 0) is 18.2 Å². The predicted octanol–water partition coefficient (Wildman–Crippen LogP) is 2.77. The summed E-state index contributed by atoms with van der Waals surface area (Å²) in [7, 11) is 0. The van der Waals surface area contributed by atoms with Gasteiger partial charge in [0.15, 0.2) is 0 Å². The Morgan fingerprint density at radius 2 is 1.96 bits per heavy atom. The number of nitrogens with zero attached hydrogens (tertiary/aromatic N) is 1. The molecule has 0 saturated heterocycles. The first kappa shape index (κ1) is 16.3. The Kier molecular flexibility index (Phi) is 4.25. The molecule has 8 heteroatoms. The highest BCUT2D eigenvalue weighted by atomic mass is 19.1. The highest BCUT2D eigenvalue weighted by Gasteiger charge is 2.16. The van der Waals surface area contributed by atoms with Gasteiger partial charge in [0.1, 0.15) is 17.0 Å². The third-order valence-electron chi connectivity index (χ3n) is 3.57. The third-order valence-corrected chi connectivity index (χ3v) is 3.57. The van der Waals surface area contributed by atoms with Crippen molar-refractivity contribution in [2.24, 2.45) is 0 Å². The number of halogens is 1. The van der Waals surface area contributed by atoms with Crippen LogP contribution in [0.5, 0.6) is 0 Å². The second-order valence-corrected chi connectivity index (χ2v) is 5.20. The maximum absolute atomic E-state index is 13.6. The average molecular weight is 342 g/mol. The minimum atomic E-state index is -0.882. The third kappa shape index (κ3) is 3.37. The van der Waals surface area contributed by atoms with E-state index in [4.69, 9.17) is 4.42 Å². The van der Waals surface area contributed by atoms with Crippen LogP contribution in [0.25, 0.3) is 11.0 Å². The van der Waals surface area contributed by atoms with Gasteiger partial charge in [0.05, 0.1) is 4.92 Å². The number of hydrogen-bond donors (Lipinski definition) is 1. The molecule has 1 aromatic heterocycles. The van der Waals surface area contributed by atoms with Crippen molar-refractivity contribution in [2.75, 3.05) is 0 Å². The normalized spacial score (nSPS) is 10.6. The van der Waals surface area contributed by atoms with Crippen LogP contribution in [0.2, 0.25) is 0 Å². The number of amides is 1. The monoisotopic (exact) mass is 342 g/mol. The fourth-order valence-corrected chi connectivity index (χ4v) is 2.30. The summed E-state index contributed by atoms with van der Waals surface area (Å²) < 4.78 is 18.6. The van der Waals surface area contributed by atoms with Gasteiger partial charge < -0.3 is 9.73 Å². The molecule has 3 aromatic rings. The summed E-state index contributed by atoms with van der Waals surface area (Å²) in [6, 6.07) is 10.8. The van der Waals surface area contributed by atoms with Crippen molar-refractivity contribution in [3.05, 3.63) is 86.0 Å². The molecule has 0 atom stereocenters. The zero-order valence-electron chi connectivity index (χ0n) is 12.7. The summed E-state index contributed by atoms with van der Waals surface area (Å²) in [6.45, 7) is -0.113. The lowest BCUT2D eigenvalue weighted by atomic mass is 10.1. The Balaban J connectivity index is 1.90. The van der Waals surface area contributed by atoms with Crippen molar-refractivity contribution in [2.45, 2.75) is 6.54 Å². The standard InChI is InChI=1S/C17H11FN2O5/c18-14-4-2-1-3-10(14)9-19-16(21)13-8-11-7-12(20(23)24)5-6-15(11)25-17(13)22/h1-8H,9H2,(H,19,21). The molecule has 126 valence electrons. The predicted molar refractivity (Wildman–Crippen MR) is 86.7 cm³/mol. The van der Waals surface area contributed by atoms with Crippen LogP contribution in [0.4, 0.5) is 10.1 Å². The number of hydrogen-bond acceptors (Lipinski definition) is 5. The SMILES string of the molecule is O=C(NCc1ccccc1F)c1cc2cc([N+](=O)[O-])ccc2oc1=O. The molecule has 0 saturated carbocycles. The summed E-state index contributed by atoms with van der Waals surface area (Å²) in [5.74, 6) is -1.24. The van der Waals surface area contributed by atoms with Gasteiger partial charge in [0.25, 0.3) is 11.6 Å². The summed E-state index contributed by atoms with van der Waals surface area (Å²) in [4.78, 5) is 34.3. The molecule has 1 amide bonds. The second-order valence-electron chi connectivity index (χ2n) is 5.20. The van der Waals surface area contributed by atoms with E-state index in [0.29, 0.717) is 0 Å². The molecular weight excluding hydrogens is 331 g/mol.